The largest absolute Gasteiger partial charge is 0.468 e. The maximum absolute atomic E-state index is 11.5. The van der Waals surface area contributed by atoms with Gasteiger partial charge in [0.25, 0.3) is 0 Å². The van der Waals surface area contributed by atoms with Gasteiger partial charge in [0.15, 0.2) is 0 Å². The molecule has 4 nitrogen and oxygen atoms in total. The molecule has 0 spiro atoms. The number of hydrogen-bond donors (Lipinski definition) is 0. The van der Waals surface area contributed by atoms with Crippen LogP contribution in [-0.4, -0.2) is 13.1 Å². The molecule has 80 valence electrons. The molecule has 0 aromatic heterocycles. The van der Waals surface area contributed by atoms with E-state index in [0.29, 0.717) is 5.69 Å². The van der Waals surface area contributed by atoms with Crippen LogP contribution in [0.1, 0.15) is 19.4 Å². The summed E-state index contributed by atoms with van der Waals surface area (Å²) in [6, 6.07) is 6.56. The minimum absolute atomic E-state index is 0.311. The van der Waals surface area contributed by atoms with Crippen molar-refractivity contribution >= 4 is 11.7 Å². The minimum Gasteiger partial charge on any atom is -0.468 e. The first-order chi connectivity index (χ1) is 7.02. The number of ether oxygens (including phenoxy) is 1. The lowest BCUT2D eigenvalue weighted by molar-refractivity contribution is -0.146. The van der Waals surface area contributed by atoms with E-state index in [1.54, 1.807) is 38.1 Å². The second-order valence-electron chi connectivity index (χ2n) is 3.75. The quantitative estimate of drug-likeness (QED) is 0.565. The Kier molecular flexibility index (Phi) is 3.19. The summed E-state index contributed by atoms with van der Waals surface area (Å²) in [5, 5.41) is 2.79. The summed E-state index contributed by atoms with van der Waals surface area (Å²) >= 11 is 0. The summed E-state index contributed by atoms with van der Waals surface area (Å²) in [4.78, 5) is 21.7. The van der Waals surface area contributed by atoms with Crippen molar-refractivity contribution in [2.75, 3.05) is 7.11 Å². The average molecular weight is 207 g/mol. The number of carbonyl (C=O) groups is 1. The maximum atomic E-state index is 11.5. The molecule has 0 saturated carbocycles. The number of nitrogens with zero attached hydrogens (tertiary/aromatic N) is 1. The fourth-order valence-electron chi connectivity index (χ4n) is 1.31. The summed E-state index contributed by atoms with van der Waals surface area (Å²) < 4.78 is 4.70. The van der Waals surface area contributed by atoms with Crippen LogP contribution in [0.15, 0.2) is 29.4 Å². The molecule has 1 aromatic carbocycles. The lowest BCUT2D eigenvalue weighted by atomic mass is 9.85. The zero-order valence-electron chi connectivity index (χ0n) is 8.98. The third-order valence-corrected chi connectivity index (χ3v) is 2.39. The zero-order valence-corrected chi connectivity index (χ0v) is 8.98. The number of methoxy groups -OCH3 is 1. The standard InChI is InChI=1S/C11H13NO3/c1-11(2,10(13)15-3)8-4-6-9(12-14)7-5-8/h4-7H,1-3H3. The van der Waals surface area contributed by atoms with Crippen molar-refractivity contribution in [3.63, 3.8) is 0 Å². The Morgan fingerprint density at radius 2 is 1.80 bits per heavy atom. The predicted octanol–water partition coefficient (Wildman–Crippen LogP) is 2.54. The Morgan fingerprint density at radius 3 is 2.20 bits per heavy atom. The van der Waals surface area contributed by atoms with Gasteiger partial charge in [-0.3, -0.25) is 4.79 Å². The molecule has 0 heterocycles. The van der Waals surface area contributed by atoms with Crippen molar-refractivity contribution < 1.29 is 9.53 Å². The third kappa shape index (κ3) is 2.21. The van der Waals surface area contributed by atoms with E-state index in [2.05, 4.69) is 5.18 Å². The van der Waals surface area contributed by atoms with E-state index in [-0.39, 0.29) is 5.97 Å². The van der Waals surface area contributed by atoms with Gasteiger partial charge in [-0.1, -0.05) is 12.1 Å². The Morgan fingerprint density at radius 1 is 1.27 bits per heavy atom. The summed E-state index contributed by atoms with van der Waals surface area (Å²) in [6.07, 6.45) is 0. The average Bonchev–Trinajstić information content (AvgIpc) is 2.28. The molecule has 15 heavy (non-hydrogen) atoms. The molecule has 0 fully saturated rings. The second kappa shape index (κ2) is 4.21. The molecular formula is C11H13NO3. The first-order valence-electron chi connectivity index (χ1n) is 4.54. The van der Waals surface area contributed by atoms with Gasteiger partial charge in [0.2, 0.25) is 0 Å². The van der Waals surface area contributed by atoms with Gasteiger partial charge in [0.1, 0.15) is 5.69 Å². The summed E-state index contributed by atoms with van der Waals surface area (Å²) in [7, 11) is 1.35. The van der Waals surface area contributed by atoms with Gasteiger partial charge in [0, 0.05) is 0 Å². The van der Waals surface area contributed by atoms with E-state index >= 15 is 0 Å². The van der Waals surface area contributed by atoms with Crippen LogP contribution in [0.5, 0.6) is 0 Å². The molecule has 1 aromatic rings. The van der Waals surface area contributed by atoms with Crippen molar-refractivity contribution in [1.29, 1.82) is 0 Å². The van der Waals surface area contributed by atoms with Crippen LogP contribution in [0.4, 0.5) is 5.69 Å². The number of nitroso groups, excluding NO2 is 1. The molecule has 0 aliphatic heterocycles. The van der Waals surface area contributed by atoms with E-state index in [9.17, 15) is 9.70 Å². The molecule has 0 unspecified atom stereocenters. The topological polar surface area (TPSA) is 55.7 Å². The Balaban J connectivity index is 3.05. The van der Waals surface area contributed by atoms with E-state index < -0.39 is 5.41 Å². The number of benzene rings is 1. The van der Waals surface area contributed by atoms with Gasteiger partial charge in [-0.05, 0) is 36.7 Å². The van der Waals surface area contributed by atoms with Crippen LogP contribution in [0.25, 0.3) is 0 Å². The predicted molar refractivity (Wildman–Crippen MR) is 56.9 cm³/mol. The molecule has 0 aliphatic carbocycles. The molecule has 0 aliphatic rings. The Bertz CT molecular complexity index is 368. The van der Waals surface area contributed by atoms with Crippen LogP contribution in [0.3, 0.4) is 0 Å². The molecule has 0 N–H and O–H groups in total. The molecule has 0 radical (unpaired) electrons. The van der Waals surface area contributed by atoms with Crippen LogP contribution in [0.2, 0.25) is 0 Å². The summed E-state index contributed by atoms with van der Waals surface area (Å²) in [6.45, 7) is 3.53. The monoisotopic (exact) mass is 207 g/mol. The molecule has 0 atom stereocenters. The highest BCUT2D eigenvalue weighted by Gasteiger charge is 2.30. The maximum Gasteiger partial charge on any atom is 0.315 e. The van der Waals surface area contributed by atoms with Crippen molar-refractivity contribution in [1.82, 2.24) is 0 Å². The van der Waals surface area contributed by atoms with Gasteiger partial charge in [-0.25, -0.2) is 0 Å². The first kappa shape index (κ1) is 11.4. The molecule has 4 heteroatoms. The number of carbonyl (C=O) groups excluding carboxylic acids is 1. The minimum atomic E-state index is -0.712. The third-order valence-electron chi connectivity index (χ3n) is 2.39. The van der Waals surface area contributed by atoms with Gasteiger partial charge in [-0.2, -0.15) is 0 Å². The van der Waals surface area contributed by atoms with E-state index in [1.165, 1.54) is 7.11 Å². The normalized spacial score (nSPS) is 10.9. The van der Waals surface area contributed by atoms with E-state index in [1.807, 2.05) is 0 Å². The van der Waals surface area contributed by atoms with Gasteiger partial charge in [-0.15, -0.1) is 4.91 Å². The Labute approximate surface area is 88.2 Å². The molecule has 1 rings (SSSR count). The van der Waals surface area contributed by atoms with Crippen LogP contribution >= 0.6 is 0 Å². The van der Waals surface area contributed by atoms with Crippen molar-refractivity contribution in [3.05, 3.63) is 34.7 Å². The van der Waals surface area contributed by atoms with Gasteiger partial charge in [0.05, 0.1) is 12.5 Å². The van der Waals surface area contributed by atoms with E-state index in [0.717, 1.165) is 5.56 Å². The van der Waals surface area contributed by atoms with Crippen LogP contribution in [-0.2, 0) is 14.9 Å². The van der Waals surface area contributed by atoms with Crippen molar-refractivity contribution in [2.24, 2.45) is 5.18 Å². The molecule has 0 bridgehead atoms. The van der Waals surface area contributed by atoms with Gasteiger partial charge >= 0.3 is 5.97 Å². The molecule has 0 saturated heterocycles. The van der Waals surface area contributed by atoms with Crippen molar-refractivity contribution in [3.8, 4) is 0 Å². The number of hydrogen-bond acceptors (Lipinski definition) is 4. The zero-order chi connectivity index (χ0) is 11.5. The van der Waals surface area contributed by atoms with Crippen LogP contribution < -0.4 is 0 Å². The molecule has 0 amide bonds. The SMILES string of the molecule is COC(=O)C(C)(C)c1ccc(N=O)cc1. The van der Waals surface area contributed by atoms with Crippen LogP contribution in [0, 0.1) is 4.91 Å². The highest BCUT2D eigenvalue weighted by Crippen LogP contribution is 2.26. The lowest BCUT2D eigenvalue weighted by Crippen LogP contribution is -2.30. The summed E-state index contributed by atoms with van der Waals surface area (Å²) in [5.74, 6) is -0.311. The Hall–Kier alpha value is -1.71. The second-order valence-corrected chi connectivity index (χ2v) is 3.75. The molecular weight excluding hydrogens is 194 g/mol. The van der Waals surface area contributed by atoms with Crippen molar-refractivity contribution in [2.45, 2.75) is 19.3 Å². The first-order valence-corrected chi connectivity index (χ1v) is 4.54. The highest BCUT2D eigenvalue weighted by atomic mass is 16.5. The fraction of sp³-hybridized carbons (Fsp3) is 0.364. The lowest BCUT2D eigenvalue weighted by Gasteiger charge is -2.21. The summed E-state index contributed by atoms with van der Waals surface area (Å²) in [5.41, 5.74) is 0.428. The number of esters is 1. The van der Waals surface area contributed by atoms with Gasteiger partial charge < -0.3 is 4.74 Å². The smallest absolute Gasteiger partial charge is 0.315 e. The fourth-order valence-corrected chi connectivity index (χ4v) is 1.31. The van der Waals surface area contributed by atoms with E-state index in [4.69, 9.17) is 4.74 Å². The number of rotatable bonds is 3. The highest BCUT2D eigenvalue weighted by molar-refractivity contribution is 5.82.